The maximum atomic E-state index is 5.90. The minimum absolute atomic E-state index is 0.249. The molecule has 1 heterocycles. The summed E-state index contributed by atoms with van der Waals surface area (Å²) in [6.07, 6.45) is 4.79. The number of rotatable bonds is 2. The van der Waals surface area contributed by atoms with Crippen LogP contribution in [0.3, 0.4) is 0 Å². The Morgan fingerprint density at radius 3 is 3.06 bits per heavy atom. The lowest BCUT2D eigenvalue weighted by Crippen LogP contribution is -2.12. The topological polar surface area (TPSA) is 61.3 Å². The fourth-order valence-corrected chi connectivity index (χ4v) is 2.72. The van der Waals surface area contributed by atoms with E-state index in [2.05, 4.69) is 17.3 Å². The van der Waals surface area contributed by atoms with Crippen molar-refractivity contribution >= 4 is 5.69 Å². The number of aromatic nitrogens is 1. The number of nitrogens with zero attached hydrogens (tertiary/aromatic N) is 1. The third-order valence-electron chi connectivity index (χ3n) is 3.62. The molecule has 2 N–H and O–H groups in total. The lowest BCUT2D eigenvalue weighted by Gasteiger charge is -2.24. The first-order chi connectivity index (χ1) is 8.79. The monoisotopic (exact) mass is 244 g/mol. The molecule has 94 valence electrons. The van der Waals surface area contributed by atoms with Crippen LogP contribution in [0.25, 0.3) is 0 Å². The molecule has 18 heavy (non-hydrogen) atoms. The van der Waals surface area contributed by atoms with Crippen LogP contribution in [0, 0.1) is 0 Å². The molecule has 1 aromatic carbocycles. The van der Waals surface area contributed by atoms with Crippen molar-refractivity contribution in [2.45, 2.75) is 25.2 Å². The third kappa shape index (κ3) is 1.74. The van der Waals surface area contributed by atoms with Crippen LogP contribution in [0.1, 0.15) is 35.6 Å². The highest BCUT2D eigenvalue weighted by Gasteiger charge is 2.26. The number of hydrogen-bond acceptors (Lipinski definition) is 4. The Balaban J connectivity index is 2.05. The van der Waals surface area contributed by atoms with E-state index in [1.54, 1.807) is 7.11 Å². The summed E-state index contributed by atoms with van der Waals surface area (Å²) in [5.41, 5.74) is 10.0. The van der Waals surface area contributed by atoms with Crippen molar-refractivity contribution in [1.82, 2.24) is 5.16 Å². The molecule has 0 saturated heterocycles. The van der Waals surface area contributed by atoms with E-state index >= 15 is 0 Å². The zero-order valence-electron chi connectivity index (χ0n) is 10.3. The minimum atomic E-state index is 0.249. The van der Waals surface area contributed by atoms with Gasteiger partial charge in [0.05, 0.1) is 12.8 Å². The second-order valence-electron chi connectivity index (χ2n) is 4.66. The number of benzene rings is 1. The Morgan fingerprint density at radius 1 is 1.44 bits per heavy atom. The van der Waals surface area contributed by atoms with Crippen LogP contribution in [-0.2, 0) is 6.42 Å². The number of nitrogen functional groups attached to an aromatic ring is 1. The van der Waals surface area contributed by atoms with Crippen LogP contribution in [0.2, 0.25) is 0 Å². The highest BCUT2D eigenvalue weighted by Crippen LogP contribution is 2.39. The molecule has 3 rings (SSSR count). The SMILES string of the molecule is COc1ccc2c(c1)CCCC2c1nocc1N. The zero-order chi connectivity index (χ0) is 12.5. The predicted octanol–water partition coefficient (Wildman–Crippen LogP) is 2.73. The van der Waals surface area contributed by atoms with Crippen LogP contribution < -0.4 is 10.5 Å². The molecular formula is C14H16N2O2. The summed E-state index contributed by atoms with van der Waals surface area (Å²) >= 11 is 0. The largest absolute Gasteiger partial charge is 0.497 e. The molecule has 0 spiro atoms. The van der Waals surface area contributed by atoms with E-state index in [4.69, 9.17) is 15.0 Å². The second kappa shape index (κ2) is 4.37. The summed E-state index contributed by atoms with van der Waals surface area (Å²) in [6.45, 7) is 0. The van der Waals surface area contributed by atoms with Crippen molar-refractivity contribution in [3.8, 4) is 5.75 Å². The van der Waals surface area contributed by atoms with Crippen LogP contribution in [0.4, 0.5) is 5.69 Å². The van der Waals surface area contributed by atoms with Crippen molar-refractivity contribution < 1.29 is 9.26 Å². The van der Waals surface area contributed by atoms with Gasteiger partial charge in [0.25, 0.3) is 0 Å². The summed E-state index contributed by atoms with van der Waals surface area (Å²) in [5, 5.41) is 4.05. The van der Waals surface area contributed by atoms with E-state index in [1.165, 1.54) is 17.4 Å². The normalized spacial score (nSPS) is 18.4. The van der Waals surface area contributed by atoms with Gasteiger partial charge in [0, 0.05) is 5.92 Å². The lowest BCUT2D eigenvalue weighted by molar-refractivity contribution is 0.403. The first-order valence-electron chi connectivity index (χ1n) is 6.16. The Labute approximate surface area is 106 Å². The molecule has 0 radical (unpaired) electrons. The fourth-order valence-electron chi connectivity index (χ4n) is 2.72. The summed E-state index contributed by atoms with van der Waals surface area (Å²) in [7, 11) is 1.69. The van der Waals surface area contributed by atoms with E-state index in [-0.39, 0.29) is 5.92 Å². The molecule has 4 heteroatoms. The fraction of sp³-hybridized carbons (Fsp3) is 0.357. The number of fused-ring (bicyclic) bond motifs is 1. The molecule has 2 aromatic rings. The Morgan fingerprint density at radius 2 is 2.33 bits per heavy atom. The molecule has 0 fully saturated rings. The molecule has 0 bridgehead atoms. The van der Waals surface area contributed by atoms with Gasteiger partial charge in [-0.3, -0.25) is 0 Å². The Hall–Kier alpha value is -1.97. The molecule has 1 atom stereocenters. The van der Waals surface area contributed by atoms with Gasteiger partial charge in [-0.1, -0.05) is 11.2 Å². The smallest absolute Gasteiger partial charge is 0.147 e. The van der Waals surface area contributed by atoms with Crippen LogP contribution in [0.15, 0.2) is 29.0 Å². The van der Waals surface area contributed by atoms with Gasteiger partial charge in [0.15, 0.2) is 0 Å². The molecule has 0 amide bonds. The summed E-state index contributed by atoms with van der Waals surface area (Å²) in [4.78, 5) is 0. The molecule has 4 nitrogen and oxygen atoms in total. The van der Waals surface area contributed by atoms with Gasteiger partial charge in [0.1, 0.15) is 17.7 Å². The summed E-state index contributed by atoms with van der Waals surface area (Å²) in [5.74, 6) is 1.15. The van der Waals surface area contributed by atoms with E-state index in [0.29, 0.717) is 5.69 Å². The number of ether oxygens (including phenoxy) is 1. The third-order valence-corrected chi connectivity index (χ3v) is 3.62. The van der Waals surface area contributed by atoms with Gasteiger partial charge < -0.3 is 15.0 Å². The number of hydrogen-bond donors (Lipinski definition) is 1. The van der Waals surface area contributed by atoms with Gasteiger partial charge in [0.2, 0.25) is 0 Å². The van der Waals surface area contributed by atoms with Gasteiger partial charge in [-0.25, -0.2) is 0 Å². The van der Waals surface area contributed by atoms with Gasteiger partial charge in [-0.2, -0.15) is 0 Å². The van der Waals surface area contributed by atoms with E-state index in [0.717, 1.165) is 30.7 Å². The average Bonchev–Trinajstić information content (AvgIpc) is 2.83. The zero-order valence-corrected chi connectivity index (χ0v) is 10.3. The first-order valence-corrected chi connectivity index (χ1v) is 6.16. The van der Waals surface area contributed by atoms with E-state index < -0.39 is 0 Å². The summed E-state index contributed by atoms with van der Waals surface area (Å²) < 4.78 is 10.2. The number of nitrogens with two attached hydrogens (primary N) is 1. The minimum Gasteiger partial charge on any atom is -0.497 e. The highest BCUT2D eigenvalue weighted by atomic mass is 16.5. The number of methoxy groups -OCH3 is 1. The first kappa shape index (κ1) is 11.1. The Bertz CT molecular complexity index is 563. The van der Waals surface area contributed by atoms with Gasteiger partial charge in [-0.15, -0.1) is 0 Å². The van der Waals surface area contributed by atoms with Crippen LogP contribution in [0.5, 0.6) is 5.75 Å². The average molecular weight is 244 g/mol. The lowest BCUT2D eigenvalue weighted by atomic mass is 9.80. The quantitative estimate of drug-likeness (QED) is 0.882. The van der Waals surface area contributed by atoms with Crippen molar-refractivity contribution in [1.29, 1.82) is 0 Å². The number of aryl methyl sites for hydroxylation is 1. The van der Waals surface area contributed by atoms with Crippen molar-refractivity contribution in [2.75, 3.05) is 12.8 Å². The molecule has 1 unspecified atom stereocenters. The molecule has 0 saturated carbocycles. The molecule has 0 aliphatic heterocycles. The van der Waals surface area contributed by atoms with Gasteiger partial charge >= 0.3 is 0 Å². The van der Waals surface area contributed by atoms with Crippen molar-refractivity contribution in [2.24, 2.45) is 0 Å². The number of anilines is 1. The van der Waals surface area contributed by atoms with E-state index in [1.807, 2.05) is 6.07 Å². The maximum absolute atomic E-state index is 5.90. The van der Waals surface area contributed by atoms with E-state index in [9.17, 15) is 0 Å². The van der Waals surface area contributed by atoms with Crippen LogP contribution in [-0.4, -0.2) is 12.3 Å². The molecule has 1 aromatic heterocycles. The molecule has 1 aliphatic carbocycles. The standard InChI is InChI=1S/C14H16N2O2/c1-17-10-5-6-11-9(7-10)3-2-4-12(11)14-13(15)8-18-16-14/h5-8,12H,2-4,15H2,1H3. The second-order valence-corrected chi connectivity index (χ2v) is 4.66. The van der Waals surface area contributed by atoms with Crippen molar-refractivity contribution in [3.63, 3.8) is 0 Å². The molecule has 1 aliphatic rings. The van der Waals surface area contributed by atoms with Crippen LogP contribution >= 0.6 is 0 Å². The maximum Gasteiger partial charge on any atom is 0.147 e. The highest BCUT2D eigenvalue weighted by molar-refractivity contribution is 5.49. The predicted molar refractivity (Wildman–Crippen MR) is 68.7 cm³/mol. The Kier molecular flexibility index (Phi) is 2.70. The summed E-state index contributed by atoms with van der Waals surface area (Å²) in [6, 6.07) is 6.22. The molecular weight excluding hydrogens is 228 g/mol. The van der Waals surface area contributed by atoms with Crippen molar-refractivity contribution in [3.05, 3.63) is 41.3 Å². The van der Waals surface area contributed by atoms with Gasteiger partial charge in [-0.05, 0) is 42.5 Å².